The minimum absolute atomic E-state index is 0.0370. The van der Waals surface area contributed by atoms with Gasteiger partial charge >= 0.3 is 6.55 Å². The van der Waals surface area contributed by atoms with Crippen LogP contribution < -0.4 is 10.1 Å². The molecule has 1 aromatic heterocycles. The summed E-state index contributed by atoms with van der Waals surface area (Å²) in [7, 11) is 0. The van der Waals surface area contributed by atoms with Gasteiger partial charge in [-0.25, -0.2) is 4.98 Å². The number of carbonyl (C=O) groups excluding carboxylic acids is 2. The Kier molecular flexibility index (Phi) is 7.25. The maximum atomic E-state index is 12.7. The molecular formula is C18H21F2N3O3. The highest BCUT2D eigenvalue weighted by Gasteiger charge is 2.12. The fourth-order valence-electron chi connectivity index (χ4n) is 2.39. The second-order valence-corrected chi connectivity index (χ2v) is 5.51. The van der Waals surface area contributed by atoms with Crippen molar-refractivity contribution in [2.45, 2.75) is 32.7 Å². The average Bonchev–Trinajstić information content (AvgIpc) is 3.09. The number of rotatable bonds is 10. The molecular weight excluding hydrogens is 344 g/mol. The number of hydrogen-bond acceptors (Lipinski definition) is 4. The predicted molar refractivity (Wildman–Crippen MR) is 91.4 cm³/mol. The Morgan fingerprint density at radius 1 is 1.23 bits per heavy atom. The minimum Gasteiger partial charge on any atom is -0.494 e. The first-order valence-corrected chi connectivity index (χ1v) is 8.34. The Balaban J connectivity index is 1.72. The summed E-state index contributed by atoms with van der Waals surface area (Å²) in [5.41, 5.74) is 0.514. The number of nitrogens with zero attached hydrogens (tertiary/aromatic N) is 2. The molecule has 1 aromatic carbocycles. The molecule has 1 amide bonds. The lowest BCUT2D eigenvalue weighted by molar-refractivity contribution is -0.121. The number of alkyl halides is 2. The van der Waals surface area contributed by atoms with Crippen LogP contribution in [-0.2, 0) is 11.2 Å². The lowest BCUT2D eigenvalue weighted by Crippen LogP contribution is -2.26. The number of halogens is 2. The van der Waals surface area contributed by atoms with E-state index in [0.29, 0.717) is 17.9 Å². The van der Waals surface area contributed by atoms with Gasteiger partial charge in [-0.1, -0.05) is 0 Å². The Labute approximate surface area is 150 Å². The van der Waals surface area contributed by atoms with Crippen LogP contribution in [0.4, 0.5) is 8.78 Å². The van der Waals surface area contributed by atoms with E-state index < -0.39 is 6.55 Å². The number of benzene rings is 1. The van der Waals surface area contributed by atoms with Gasteiger partial charge < -0.3 is 10.1 Å². The molecule has 0 unspecified atom stereocenters. The second-order valence-electron chi connectivity index (χ2n) is 5.51. The number of carbonyl (C=O) groups is 2. The van der Waals surface area contributed by atoms with E-state index in [1.165, 1.54) is 12.4 Å². The number of aromatic nitrogens is 2. The third-order valence-electron chi connectivity index (χ3n) is 3.70. The topological polar surface area (TPSA) is 73.2 Å². The van der Waals surface area contributed by atoms with E-state index in [1.807, 2.05) is 6.92 Å². The summed E-state index contributed by atoms with van der Waals surface area (Å²) < 4.78 is 31.4. The van der Waals surface area contributed by atoms with Gasteiger partial charge in [-0.2, -0.15) is 8.78 Å². The third kappa shape index (κ3) is 5.65. The lowest BCUT2D eigenvalue weighted by atomic mass is 10.1. The highest BCUT2D eigenvalue weighted by atomic mass is 19.3. The third-order valence-corrected chi connectivity index (χ3v) is 3.70. The molecule has 1 heterocycles. The van der Waals surface area contributed by atoms with Crippen molar-refractivity contribution in [3.8, 4) is 5.75 Å². The van der Waals surface area contributed by atoms with Crippen molar-refractivity contribution in [2.75, 3.05) is 13.2 Å². The van der Waals surface area contributed by atoms with Gasteiger partial charge in [0.05, 0.1) is 6.61 Å². The summed E-state index contributed by atoms with van der Waals surface area (Å²) in [6.07, 6.45) is 2.78. The molecule has 0 atom stereocenters. The number of nitrogens with one attached hydrogen (secondary N) is 1. The summed E-state index contributed by atoms with van der Waals surface area (Å²) in [5.74, 6) is 0.436. The van der Waals surface area contributed by atoms with Crippen LogP contribution in [0.25, 0.3) is 0 Å². The van der Waals surface area contributed by atoms with Gasteiger partial charge in [0.1, 0.15) is 11.6 Å². The monoisotopic (exact) mass is 365 g/mol. The van der Waals surface area contributed by atoms with E-state index in [-0.39, 0.29) is 43.3 Å². The van der Waals surface area contributed by atoms with Crippen molar-refractivity contribution in [3.05, 3.63) is 48.0 Å². The summed E-state index contributed by atoms with van der Waals surface area (Å²) in [6.45, 7) is -0.0569. The van der Waals surface area contributed by atoms with Crippen LogP contribution in [-0.4, -0.2) is 34.4 Å². The SMILES string of the molecule is CCOc1ccc(C(=O)CCC(=O)NCCc2nccn2C(F)F)cc1. The number of imidazole rings is 1. The molecule has 0 fully saturated rings. The highest BCUT2D eigenvalue weighted by Crippen LogP contribution is 2.14. The molecule has 0 saturated heterocycles. The normalized spacial score (nSPS) is 10.8. The van der Waals surface area contributed by atoms with Gasteiger partial charge in [-0.3, -0.25) is 14.2 Å². The fourth-order valence-corrected chi connectivity index (χ4v) is 2.39. The molecule has 0 aliphatic carbocycles. The molecule has 8 heteroatoms. The van der Waals surface area contributed by atoms with Crippen LogP contribution in [0, 0.1) is 0 Å². The van der Waals surface area contributed by atoms with E-state index >= 15 is 0 Å². The van der Waals surface area contributed by atoms with Crippen molar-refractivity contribution in [1.29, 1.82) is 0 Å². The smallest absolute Gasteiger partial charge is 0.319 e. The summed E-state index contributed by atoms with van der Waals surface area (Å²) in [6, 6.07) is 6.74. The molecule has 0 bridgehead atoms. The second kappa shape index (κ2) is 9.65. The molecule has 0 aliphatic heterocycles. The predicted octanol–water partition coefficient (Wildman–Crippen LogP) is 3.00. The molecule has 140 valence electrons. The van der Waals surface area contributed by atoms with Gasteiger partial charge in [0.15, 0.2) is 5.78 Å². The van der Waals surface area contributed by atoms with E-state index in [9.17, 15) is 18.4 Å². The first kappa shape index (κ1) is 19.6. The van der Waals surface area contributed by atoms with Gasteiger partial charge in [0.2, 0.25) is 5.91 Å². The minimum atomic E-state index is -2.66. The molecule has 0 saturated carbocycles. The van der Waals surface area contributed by atoms with Crippen LogP contribution in [0.2, 0.25) is 0 Å². The van der Waals surface area contributed by atoms with Crippen LogP contribution >= 0.6 is 0 Å². The van der Waals surface area contributed by atoms with Crippen LogP contribution in [0.1, 0.15) is 42.5 Å². The van der Waals surface area contributed by atoms with Crippen molar-refractivity contribution in [2.24, 2.45) is 0 Å². The van der Waals surface area contributed by atoms with Crippen molar-refractivity contribution in [1.82, 2.24) is 14.9 Å². The summed E-state index contributed by atoms with van der Waals surface area (Å²) >= 11 is 0. The van der Waals surface area contributed by atoms with Crippen LogP contribution in [0.5, 0.6) is 5.75 Å². The Morgan fingerprint density at radius 2 is 1.96 bits per heavy atom. The highest BCUT2D eigenvalue weighted by molar-refractivity contribution is 5.98. The number of ketones is 1. The molecule has 6 nitrogen and oxygen atoms in total. The van der Waals surface area contributed by atoms with Crippen molar-refractivity contribution < 1.29 is 23.1 Å². The molecule has 0 radical (unpaired) electrons. The quantitative estimate of drug-likeness (QED) is 0.657. The Hall–Kier alpha value is -2.77. The Morgan fingerprint density at radius 3 is 2.62 bits per heavy atom. The summed E-state index contributed by atoms with van der Waals surface area (Å²) in [5, 5.41) is 2.61. The van der Waals surface area contributed by atoms with Crippen molar-refractivity contribution in [3.63, 3.8) is 0 Å². The van der Waals surface area contributed by atoms with Crippen molar-refractivity contribution >= 4 is 11.7 Å². The molecule has 2 aromatic rings. The van der Waals surface area contributed by atoms with Crippen LogP contribution in [0.3, 0.4) is 0 Å². The van der Waals surface area contributed by atoms with Gasteiger partial charge in [-0.05, 0) is 31.2 Å². The standard InChI is InChI=1S/C18H21F2N3O3/c1-2-26-14-5-3-13(4-6-14)15(24)7-8-17(25)22-10-9-16-21-11-12-23(16)18(19)20/h3-6,11-12,18H,2,7-10H2,1H3,(H,22,25). The zero-order chi connectivity index (χ0) is 18.9. The zero-order valence-corrected chi connectivity index (χ0v) is 14.5. The molecule has 0 aliphatic rings. The first-order valence-electron chi connectivity index (χ1n) is 8.34. The van der Waals surface area contributed by atoms with E-state index in [0.717, 1.165) is 4.57 Å². The maximum absolute atomic E-state index is 12.7. The van der Waals surface area contributed by atoms with E-state index in [1.54, 1.807) is 24.3 Å². The number of ether oxygens (including phenoxy) is 1. The number of hydrogen-bond donors (Lipinski definition) is 1. The maximum Gasteiger partial charge on any atom is 0.319 e. The molecule has 26 heavy (non-hydrogen) atoms. The van der Waals surface area contributed by atoms with Gasteiger partial charge in [-0.15, -0.1) is 0 Å². The lowest BCUT2D eigenvalue weighted by Gasteiger charge is -2.08. The fraction of sp³-hybridized carbons (Fsp3) is 0.389. The summed E-state index contributed by atoms with van der Waals surface area (Å²) in [4.78, 5) is 27.7. The average molecular weight is 365 g/mol. The molecule has 0 spiro atoms. The van der Waals surface area contributed by atoms with Gasteiger partial charge in [0, 0.05) is 43.8 Å². The number of Topliss-reactive ketones (excluding diaryl/α,β-unsaturated/α-hetero) is 1. The van der Waals surface area contributed by atoms with E-state index in [4.69, 9.17) is 4.74 Å². The van der Waals surface area contributed by atoms with Crippen LogP contribution in [0.15, 0.2) is 36.7 Å². The first-order chi connectivity index (χ1) is 12.5. The van der Waals surface area contributed by atoms with Gasteiger partial charge in [0.25, 0.3) is 0 Å². The largest absolute Gasteiger partial charge is 0.494 e. The van der Waals surface area contributed by atoms with E-state index in [2.05, 4.69) is 10.3 Å². The Bertz CT molecular complexity index is 730. The number of amides is 1. The molecule has 2 rings (SSSR count). The zero-order valence-electron chi connectivity index (χ0n) is 14.5. The molecule has 1 N–H and O–H groups in total.